The lowest BCUT2D eigenvalue weighted by atomic mass is 10.1. The Morgan fingerprint density at radius 2 is 1.87 bits per heavy atom. The van der Waals surface area contributed by atoms with E-state index in [-0.39, 0.29) is 18.9 Å². The molecule has 0 saturated heterocycles. The Morgan fingerprint density at radius 1 is 1.27 bits per heavy atom. The molecule has 3 unspecified atom stereocenters. The minimum atomic E-state index is -1.16. The van der Waals surface area contributed by atoms with E-state index in [9.17, 15) is 15.0 Å². The third-order valence-corrected chi connectivity index (χ3v) is 2.00. The summed E-state index contributed by atoms with van der Waals surface area (Å²) in [6.07, 6.45) is -3.18. The average molecular weight is 221 g/mol. The Balaban J connectivity index is 3.78. The third kappa shape index (κ3) is 6.40. The fraction of sp³-hybridized carbons (Fsp3) is 0.889. The highest BCUT2D eigenvalue weighted by Crippen LogP contribution is 2.02. The molecule has 0 aromatic carbocycles. The number of rotatable bonds is 7. The van der Waals surface area contributed by atoms with E-state index in [1.807, 2.05) is 0 Å². The van der Waals surface area contributed by atoms with Gasteiger partial charge in [-0.05, 0) is 0 Å². The van der Waals surface area contributed by atoms with Gasteiger partial charge in [0.05, 0.1) is 24.9 Å². The normalized spacial score (nSPS) is 16.9. The fourth-order valence-corrected chi connectivity index (χ4v) is 0.990. The second-order valence-corrected chi connectivity index (χ2v) is 3.36. The van der Waals surface area contributed by atoms with Crippen LogP contribution in [0.5, 0.6) is 0 Å². The molecule has 5 N–H and O–H groups in total. The maximum Gasteiger partial charge on any atom is 0.219 e. The zero-order valence-corrected chi connectivity index (χ0v) is 8.76. The molecule has 6 nitrogen and oxygen atoms in total. The molecule has 0 rings (SSSR count). The van der Waals surface area contributed by atoms with E-state index in [0.717, 1.165) is 0 Å². The Morgan fingerprint density at radius 3 is 2.33 bits per heavy atom. The van der Waals surface area contributed by atoms with Crippen molar-refractivity contribution in [1.29, 1.82) is 0 Å². The number of carbonyl (C=O) groups is 1. The first-order valence-corrected chi connectivity index (χ1v) is 4.93. The summed E-state index contributed by atoms with van der Waals surface area (Å²) < 4.78 is 0. The lowest BCUT2D eigenvalue weighted by molar-refractivity contribution is -0.121. The number of carbonyl (C=O) groups excluding carboxylic acids is 1. The van der Waals surface area contributed by atoms with Crippen LogP contribution in [0, 0.1) is 0 Å². The molecule has 0 aliphatic rings. The Kier molecular flexibility index (Phi) is 7.23. The van der Waals surface area contributed by atoms with Crippen LogP contribution >= 0.6 is 0 Å². The lowest BCUT2D eigenvalue weighted by Crippen LogP contribution is -2.40. The number of nitrogens with one attached hydrogen (secondary N) is 1. The highest BCUT2D eigenvalue weighted by Gasteiger charge is 2.19. The van der Waals surface area contributed by atoms with Gasteiger partial charge in [0, 0.05) is 19.4 Å². The van der Waals surface area contributed by atoms with E-state index in [1.54, 1.807) is 6.92 Å². The molecule has 0 saturated carbocycles. The predicted molar refractivity (Wildman–Crippen MR) is 53.0 cm³/mol. The average Bonchev–Trinajstić information content (AvgIpc) is 2.24. The van der Waals surface area contributed by atoms with Gasteiger partial charge >= 0.3 is 0 Å². The van der Waals surface area contributed by atoms with Crippen molar-refractivity contribution in [1.82, 2.24) is 5.32 Å². The minimum Gasteiger partial charge on any atom is -0.394 e. The number of hydrogen-bond donors (Lipinski definition) is 5. The molecule has 0 aliphatic carbocycles. The van der Waals surface area contributed by atoms with Crippen molar-refractivity contribution in [3.8, 4) is 0 Å². The lowest BCUT2D eigenvalue weighted by Gasteiger charge is -2.19. The summed E-state index contributed by atoms with van der Waals surface area (Å²) in [4.78, 5) is 10.8. The molecule has 0 aromatic heterocycles. The van der Waals surface area contributed by atoms with Gasteiger partial charge in [-0.2, -0.15) is 0 Å². The zero-order valence-electron chi connectivity index (χ0n) is 8.76. The molecule has 0 heterocycles. The van der Waals surface area contributed by atoms with Crippen molar-refractivity contribution >= 4 is 5.91 Å². The van der Waals surface area contributed by atoms with Gasteiger partial charge in [-0.3, -0.25) is 4.79 Å². The molecule has 0 spiro atoms. The Bertz CT molecular complexity index is 187. The largest absolute Gasteiger partial charge is 0.394 e. The second kappa shape index (κ2) is 7.58. The van der Waals surface area contributed by atoms with Gasteiger partial charge in [0.1, 0.15) is 0 Å². The van der Waals surface area contributed by atoms with Crippen molar-refractivity contribution in [3.05, 3.63) is 0 Å². The molecule has 0 radical (unpaired) electrons. The fourth-order valence-electron chi connectivity index (χ4n) is 0.990. The summed E-state index contributed by atoms with van der Waals surface area (Å²) >= 11 is 0. The molecule has 6 heteroatoms. The standard InChI is InChI=1S/C9H19NO5/c1-2-9(15)10-4-8(14)7(13)3-6(12)5-11/h6-8,11-14H,2-5H2,1H3,(H,10,15). The maximum absolute atomic E-state index is 10.8. The van der Waals surface area contributed by atoms with Crippen LogP contribution in [0.2, 0.25) is 0 Å². The van der Waals surface area contributed by atoms with E-state index in [1.165, 1.54) is 0 Å². The van der Waals surface area contributed by atoms with Crippen LogP contribution in [-0.4, -0.2) is 57.8 Å². The quantitative estimate of drug-likeness (QED) is 0.341. The first-order chi connectivity index (χ1) is 7.01. The van der Waals surface area contributed by atoms with Gasteiger partial charge in [-0.1, -0.05) is 6.92 Å². The predicted octanol–water partition coefficient (Wildman–Crippen LogP) is -2.02. The van der Waals surface area contributed by atoms with Gasteiger partial charge < -0.3 is 25.7 Å². The van der Waals surface area contributed by atoms with E-state index < -0.39 is 24.9 Å². The van der Waals surface area contributed by atoms with Crippen LogP contribution in [0.1, 0.15) is 19.8 Å². The first kappa shape index (κ1) is 14.3. The summed E-state index contributed by atoms with van der Waals surface area (Å²) in [6.45, 7) is 1.14. The van der Waals surface area contributed by atoms with Crippen LogP contribution in [0.3, 0.4) is 0 Å². The maximum atomic E-state index is 10.8. The molecule has 1 amide bonds. The first-order valence-electron chi connectivity index (χ1n) is 4.93. The van der Waals surface area contributed by atoms with E-state index >= 15 is 0 Å². The van der Waals surface area contributed by atoms with Gasteiger partial charge in [-0.25, -0.2) is 0 Å². The Labute approximate surface area is 88.5 Å². The summed E-state index contributed by atoms with van der Waals surface area (Å²) in [7, 11) is 0. The van der Waals surface area contributed by atoms with Gasteiger partial charge in [-0.15, -0.1) is 0 Å². The van der Waals surface area contributed by atoms with Crippen LogP contribution in [0.15, 0.2) is 0 Å². The van der Waals surface area contributed by atoms with Crippen molar-refractivity contribution in [2.75, 3.05) is 13.2 Å². The number of amides is 1. The molecule has 0 fully saturated rings. The summed E-state index contributed by atoms with van der Waals surface area (Å²) in [5, 5.41) is 38.6. The van der Waals surface area contributed by atoms with Crippen molar-refractivity contribution in [2.45, 2.75) is 38.1 Å². The van der Waals surface area contributed by atoms with Gasteiger partial charge in [0.15, 0.2) is 0 Å². The van der Waals surface area contributed by atoms with Gasteiger partial charge in [0.25, 0.3) is 0 Å². The smallest absolute Gasteiger partial charge is 0.219 e. The molecule has 0 aromatic rings. The van der Waals surface area contributed by atoms with E-state index in [2.05, 4.69) is 5.32 Å². The molecule has 0 aliphatic heterocycles. The molecule has 0 bridgehead atoms. The van der Waals surface area contributed by atoms with Crippen molar-refractivity contribution < 1.29 is 25.2 Å². The molecule has 3 atom stereocenters. The van der Waals surface area contributed by atoms with Crippen LogP contribution in [0.25, 0.3) is 0 Å². The van der Waals surface area contributed by atoms with E-state index in [0.29, 0.717) is 6.42 Å². The van der Waals surface area contributed by atoms with Gasteiger partial charge in [0.2, 0.25) is 5.91 Å². The highest BCUT2D eigenvalue weighted by molar-refractivity contribution is 5.75. The monoisotopic (exact) mass is 221 g/mol. The SMILES string of the molecule is CCC(=O)NCC(O)C(O)CC(O)CO. The molecular formula is C9H19NO5. The molecular weight excluding hydrogens is 202 g/mol. The number of hydrogen-bond acceptors (Lipinski definition) is 5. The van der Waals surface area contributed by atoms with Crippen molar-refractivity contribution in [3.63, 3.8) is 0 Å². The summed E-state index contributed by atoms with van der Waals surface area (Å²) in [5.41, 5.74) is 0. The zero-order chi connectivity index (χ0) is 11.8. The Hall–Kier alpha value is -0.690. The topological polar surface area (TPSA) is 110 Å². The van der Waals surface area contributed by atoms with Crippen LogP contribution < -0.4 is 5.32 Å². The third-order valence-electron chi connectivity index (χ3n) is 2.00. The van der Waals surface area contributed by atoms with Crippen LogP contribution in [0.4, 0.5) is 0 Å². The van der Waals surface area contributed by atoms with Crippen molar-refractivity contribution in [2.24, 2.45) is 0 Å². The number of aliphatic hydroxyl groups excluding tert-OH is 4. The molecule has 90 valence electrons. The minimum absolute atomic E-state index is 0.0635. The van der Waals surface area contributed by atoms with Crippen LogP contribution in [-0.2, 0) is 4.79 Å². The van der Waals surface area contributed by atoms with E-state index in [4.69, 9.17) is 10.2 Å². The second-order valence-electron chi connectivity index (χ2n) is 3.36. The highest BCUT2D eigenvalue weighted by atomic mass is 16.3. The summed E-state index contributed by atoms with van der Waals surface area (Å²) in [5.74, 6) is -0.219. The number of aliphatic hydroxyl groups is 4. The summed E-state index contributed by atoms with van der Waals surface area (Å²) in [6, 6.07) is 0. The molecule has 15 heavy (non-hydrogen) atoms.